The van der Waals surface area contributed by atoms with Gasteiger partial charge in [0.1, 0.15) is 11.5 Å². The van der Waals surface area contributed by atoms with E-state index in [1.165, 1.54) is 11.3 Å². The second-order valence-electron chi connectivity index (χ2n) is 5.91. The molecule has 1 N–H and O–H groups in total. The lowest BCUT2D eigenvalue weighted by molar-refractivity contribution is -0.118. The zero-order chi connectivity index (χ0) is 19.9. The van der Waals surface area contributed by atoms with Gasteiger partial charge in [-0.25, -0.2) is 4.98 Å². The first-order valence-electron chi connectivity index (χ1n) is 8.99. The highest BCUT2D eigenvalue weighted by molar-refractivity contribution is 9.10. The summed E-state index contributed by atoms with van der Waals surface area (Å²) >= 11 is 4.82. The van der Waals surface area contributed by atoms with Crippen LogP contribution in [0.5, 0.6) is 11.5 Å². The van der Waals surface area contributed by atoms with Gasteiger partial charge in [0.15, 0.2) is 11.7 Å². The number of carbonyl (C=O) groups excluding carboxylic acids is 1. The van der Waals surface area contributed by atoms with Gasteiger partial charge in [0.05, 0.1) is 12.3 Å². The Hall–Kier alpha value is -2.38. The zero-order valence-corrected chi connectivity index (χ0v) is 18.1. The van der Waals surface area contributed by atoms with Crippen LogP contribution in [0.15, 0.2) is 52.3 Å². The molecule has 2 aromatic carbocycles. The third kappa shape index (κ3) is 5.11. The van der Waals surface area contributed by atoms with Crippen LogP contribution in [-0.4, -0.2) is 24.1 Å². The fourth-order valence-corrected chi connectivity index (χ4v) is 3.81. The van der Waals surface area contributed by atoms with Crippen molar-refractivity contribution in [2.24, 2.45) is 0 Å². The summed E-state index contributed by atoms with van der Waals surface area (Å²) in [7, 11) is 0. The van der Waals surface area contributed by atoms with Gasteiger partial charge in [0, 0.05) is 15.4 Å². The second kappa shape index (κ2) is 9.71. The van der Waals surface area contributed by atoms with Crippen LogP contribution in [0.2, 0.25) is 0 Å². The van der Waals surface area contributed by atoms with Crippen molar-refractivity contribution in [3.05, 3.63) is 57.9 Å². The van der Waals surface area contributed by atoms with Crippen LogP contribution in [0, 0.1) is 0 Å². The number of aryl methyl sites for hydroxylation is 1. The molecule has 146 valence electrons. The van der Waals surface area contributed by atoms with Gasteiger partial charge in [-0.15, -0.1) is 11.3 Å². The third-order valence-corrected chi connectivity index (χ3v) is 5.23. The molecule has 0 aliphatic carbocycles. The number of nitrogens with one attached hydrogen (secondary N) is 1. The number of hydrogen-bond acceptors (Lipinski definition) is 5. The second-order valence-corrected chi connectivity index (χ2v) is 7.68. The van der Waals surface area contributed by atoms with Crippen molar-refractivity contribution in [1.82, 2.24) is 4.98 Å². The van der Waals surface area contributed by atoms with Crippen LogP contribution in [0.1, 0.15) is 19.4 Å². The van der Waals surface area contributed by atoms with E-state index in [1.54, 1.807) is 0 Å². The number of ether oxygens (including phenoxy) is 2. The molecule has 0 aliphatic heterocycles. The van der Waals surface area contributed by atoms with Gasteiger partial charge in [-0.2, -0.15) is 0 Å². The van der Waals surface area contributed by atoms with Gasteiger partial charge in [-0.3, -0.25) is 10.1 Å². The average Bonchev–Trinajstić information content (AvgIpc) is 3.15. The molecule has 0 bridgehead atoms. The Morgan fingerprint density at radius 3 is 2.75 bits per heavy atom. The van der Waals surface area contributed by atoms with Crippen molar-refractivity contribution < 1.29 is 14.3 Å². The maximum Gasteiger partial charge on any atom is 0.264 e. The van der Waals surface area contributed by atoms with E-state index in [-0.39, 0.29) is 12.5 Å². The van der Waals surface area contributed by atoms with Crippen molar-refractivity contribution in [3.63, 3.8) is 0 Å². The molecule has 0 atom stereocenters. The minimum absolute atomic E-state index is 0.0704. The molecule has 1 heterocycles. The standard InChI is InChI=1S/C21H21BrN2O3S/c1-3-14-11-15(22)9-10-18(14)27-12-20(25)24-21-23-17(13-28-21)16-7-5-6-8-19(16)26-4-2/h5-11,13H,3-4,12H2,1-2H3,(H,23,24,25). The maximum atomic E-state index is 12.3. The minimum Gasteiger partial charge on any atom is -0.493 e. The molecule has 0 radical (unpaired) electrons. The van der Waals surface area contributed by atoms with E-state index in [1.807, 2.05) is 61.7 Å². The Bertz CT molecular complexity index is 958. The fourth-order valence-electron chi connectivity index (χ4n) is 2.68. The molecule has 1 aromatic heterocycles. The lowest BCUT2D eigenvalue weighted by atomic mass is 10.1. The number of anilines is 1. The SMILES string of the molecule is CCOc1ccccc1-c1csc(NC(=O)COc2ccc(Br)cc2CC)n1. The first-order chi connectivity index (χ1) is 13.6. The van der Waals surface area contributed by atoms with Gasteiger partial charge in [0.25, 0.3) is 5.91 Å². The van der Waals surface area contributed by atoms with Gasteiger partial charge in [-0.05, 0) is 49.2 Å². The third-order valence-electron chi connectivity index (χ3n) is 3.98. The minimum atomic E-state index is -0.246. The number of aromatic nitrogens is 1. The van der Waals surface area contributed by atoms with Crippen molar-refractivity contribution in [2.75, 3.05) is 18.5 Å². The Kier molecular flexibility index (Phi) is 7.06. The summed E-state index contributed by atoms with van der Waals surface area (Å²) in [6.07, 6.45) is 0.825. The summed E-state index contributed by atoms with van der Waals surface area (Å²) in [6.45, 7) is 4.50. The molecule has 0 saturated carbocycles. The molecule has 5 nitrogen and oxygen atoms in total. The topological polar surface area (TPSA) is 60.5 Å². The van der Waals surface area contributed by atoms with Crippen LogP contribution in [0.4, 0.5) is 5.13 Å². The predicted molar refractivity (Wildman–Crippen MR) is 116 cm³/mol. The normalized spacial score (nSPS) is 10.5. The van der Waals surface area contributed by atoms with Crippen LogP contribution < -0.4 is 14.8 Å². The molecule has 1 amide bonds. The molecular formula is C21H21BrN2O3S. The quantitative estimate of drug-likeness (QED) is 0.478. The molecule has 3 aromatic rings. The molecule has 0 aliphatic rings. The van der Waals surface area contributed by atoms with Crippen molar-refractivity contribution in [3.8, 4) is 22.8 Å². The van der Waals surface area contributed by atoms with E-state index >= 15 is 0 Å². The highest BCUT2D eigenvalue weighted by Crippen LogP contribution is 2.32. The molecule has 28 heavy (non-hydrogen) atoms. The van der Waals surface area contributed by atoms with E-state index in [2.05, 4.69) is 26.2 Å². The lowest BCUT2D eigenvalue weighted by Crippen LogP contribution is -2.20. The summed E-state index contributed by atoms with van der Waals surface area (Å²) in [5.41, 5.74) is 2.72. The molecule has 7 heteroatoms. The van der Waals surface area contributed by atoms with Gasteiger partial charge < -0.3 is 9.47 Å². The predicted octanol–water partition coefficient (Wildman–Crippen LogP) is 5.55. The number of nitrogens with zero attached hydrogens (tertiary/aromatic N) is 1. The van der Waals surface area contributed by atoms with Gasteiger partial charge >= 0.3 is 0 Å². The molecular weight excluding hydrogens is 440 g/mol. The van der Waals surface area contributed by atoms with E-state index in [0.29, 0.717) is 17.5 Å². The van der Waals surface area contributed by atoms with Crippen molar-refractivity contribution >= 4 is 38.3 Å². The Morgan fingerprint density at radius 2 is 1.96 bits per heavy atom. The van der Waals surface area contributed by atoms with E-state index in [9.17, 15) is 4.79 Å². The fraction of sp³-hybridized carbons (Fsp3) is 0.238. The maximum absolute atomic E-state index is 12.3. The first kappa shape index (κ1) is 20.4. The number of carbonyl (C=O) groups is 1. The first-order valence-corrected chi connectivity index (χ1v) is 10.7. The van der Waals surface area contributed by atoms with Gasteiger partial charge in [0.2, 0.25) is 0 Å². The Morgan fingerprint density at radius 1 is 1.14 bits per heavy atom. The summed E-state index contributed by atoms with van der Waals surface area (Å²) < 4.78 is 12.3. The molecule has 0 unspecified atom stereocenters. The lowest BCUT2D eigenvalue weighted by Gasteiger charge is -2.10. The molecule has 0 fully saturated rings. The van der Waals surface area contributed by atoms with E-state index in [0.717, 1.165) is 33.5 Å². The van der Waals surface area contributed by atoms with Crippen molar-refractivity contribution in [2.45, 2.75) is 20.3 Å². The number of amides is 1. The zero-order valence-electron chi connectivity index (χ0n) is 15.7. The average molecular weight is 461 g/mol. The van der Waals surface area contributed by atoms with E-state index in [4.69, 9.17) is 9.47 Å². The van der Waals surface area contributed by atoms with Crippen LogP contribution in [0.3, 0.4) is 0 Å². The highest BCUT2D eigenvalue weighted by Gasteiger charge is 2.12. The highest BCUT2D eigenvalue weighted by atomic mass is 79.9. The van der Waals surface area contributed by atoms with E-state index < -0.39 is 0 Å². The Balaban J connectivity index is 1.63. The number of thiazole rings is 1. The summed E-state index contributed by atoms with van der Waals surface area (Å²) in [5.74, 6) is 1.24. The Labute approximate surface area is 176 Å². The number of rotatable bonds is 8. The number of hydrogen-bond donors (Lipinski definition) is 1. The molecule has 3 rings (SSSR count). The molecule has 0 saturated heterocycles. The number of para-hydroxylation sites is 1. The van der Waals surface area contributed by atoms with Crippen LogP contribution in [0.25, 0.3) is 11.3 Å². The van der Waals surface area contributed by atoms with Crippen LogP contribution in [-0.2, 0) is 11.2 Å². The summed E-state index contributed by atoms with van der Waals surface area (Å²) in [4.78, 5) is 16.8. The number of halogens is 1. The smallest absolute Gasteiger partial charge is 0.264 e. The van der Waals surface area contributed by atoms with Crippen molar-refractivity contribution in [1.29, 1.82) is 0 Å². The largest absolute Gasteiger partial charge is 0.493 e. The monoisotopic (exact) mass is 460 g/mol. The summed E-state index contributed by atoms with van der Waals surface area (Å²) in [5, 5.41) is 5.23. The van der Waals surface area contributed by atoms with Crippen LogP contribution >= 0.6 is 27.3 Å². The number of benzene rings is 2. The van der Waals surface area contributed by atoms with Gasteiger partial charge in [-0.1, -0.05) is 35.0 Å². The molecule has 0 spiro atoms. The summed E-state index contributed by atoms with van der Waals surface area (Å²) in [6, 6.07) is 13.5.